The van der Waals surface area contributed by atoms with Crippen molar-refractivity contribution >= 4 is 23.5 Å². The number of para-hydroxylation sites is 1. The summed E-state index contributed by atoms with van der Waals surface area (Å²) >= 11 is 0. The highest BCUT2D eigenvalue weighted by Crippen LogP contribution is 2.40. The molecule has 5 N–H and O–H groups in total. The highest BCUT2D eigenvalue weighted by atomic mass is 16.1. The molecule has 7 nitrogen and oxygen atoms in total. The van der Waals surface area contributed by atoms with Crippen LogP contribution in [0.2, 0.25) is 0 Å². The molecule has 0 bridgehead atoms. The smallest absolute Gasteiger partial charge is 0.220 e. The van der Waals surface area contributed by atoms with E-state index in [0.717, 1.165) is 36.9 Å². The molecule has 1 heterocycles. The molecule has 1 spiro atoms. The average molecular weight is 342 g/mol. The Morgan fingerprint density at radius 1 is 1.24 bits per heavy atom. The second-order valence-electron chi connectivity index (χ2n) is 6.62. The highest BCUT2D eigenvalue weighted by molar-refractivity contribution is 6.06. The number of hydrogen-bond acceptors (Lipinski definition) is 6. The Balaban J connectivity index is 1.98. The summed E-state index contributed by atoms with van der Waals surface area (Å²) in [5.41, 5.74) is 13.8. The number of amides is 1. The Morgan fingerprint density at radius 3 is 2.68 bits per heavy atom. The van der Waals surface area contributed by atoms with Gasteiger partial charge in [0.05, 0.1) is 0 Å². The van der Waals surface area contributed by atoms with E-state index in [1.807, 2.05) is 29.2 Å². The van der Waals surface area contributed by atoms with E-state index in [2.05, 4.69) is 10.3 Å². The number of benzene rings is 1. The van der Waals surface area contributed by atoms with Gasteiger partial charge in [0.25, 0.3) is 0 Å². The predicted octanol–water partition coefficient (Wildman–Crippen LogP) is 1.47. The Hall–Kier alpha value is -2.57. The Bertz CT molecular complexity index is 705. The molecule has 1 amide bonds. The van der Waals surface area contributed by atoms with Crippen molar-refractivity contribution in [3.8, 4) is 0 Å². The summed E-state index contributed by atoms with van der Waals surface area (Å²) in [6, 6.07) is 8.01. The molecular weight excluding hydrogens is 316 g/mol. The van der Waals surface area contributed by atoms with E-state index >= 15 is 0 Å². The van der Waals surface area contributed by atoms with Gasteiger partial charge in [0.2, 0.25) is 17.8 Å². The minimum absolute atomic E-state index is 0.0183. The first-order valence-corrected chi connectivity index (χ1v) is 8.84. The summed E-state index contributed by atoms with van der Waals surface area (Å²) in [6.07, 6.45) is 6.22. The number of guanidine groups is 2. The van der Waals surface area contributed by atoms with Crippen LogP contribution in [0.3, 0.4) is 0 Å². The minimum Gasteiger partial charge on any atom is -0.369 e. The van der Waals surface area contributed by atoms with Crippen molar-refractivity contribution in [2.45, 2.75) is 50.6 Å². The first kappa shape index (κ1) is 17.3. The van der Waals surface area contributed by atoms with E-state index in [1.165, 1.54) is 6.42 Å². The normalized spacial score (nSPS) is 19.3. The van der Waals surface area contributed by atoms with Gasteiger partial charge in [-0.2, -0.15) is 4.99 Å². The molecule has 1 aliphatic heterocycles. The number of anilines is 1. The molecule has 1 saturated carbocycles. The van der Waals surface area contributed by atoms with Gasteiger partial charge in [-0.15, -0.1) is 0 Å². The van der Waals surface area contributed by atoms with Crippen LogP contribution in [0.4, 0.5) is 5.69 Å². The number of nitrogens with two attached hydrogens (primary N) is 2. The molecule has 0 atom stereocenters. The van der Waals surface area contributed by atoms with Crippen LogP contribution in [0.1, 0.15) is 44.1 Å². The van der Waals surface area contributed by atoms with Gasteiger partial charge in [-0.25, -0.2) is 4.99 Å². The van der Waals surface area contributed by atoms with Crippen LogP contribution < -0.4 is 21.7 Å². The molecule has 1 aromatic rings. The molecule has 0 saturated heterocycles. The van der Waals surface area contributed by atoms with Crippen molar-refractivity contribution in [3.05, 3.63) is 29.8 Å². The van der Waals surface area contributed by atoms with Crippen LogP contribution in [0, 0.1) is 0 Å². The van der Waals surface area contributed by atoms with Crippen molar-refractivity contribution in [2.75, 3.05) is 11.9 Å². The number of hydrogen-bond donors (Lipinski definition) is 3. The van der Waals surface area contributed by atoms with Gasteiger partial charge in [-0.05, 0) is 43.7 Å². The van der Waals surface area contributed by atoms with Crippen molar-refractivity contribution in [1.29, 1.82) is 0 Å². The summed E-state index contributed by atoms with van der Waals surface area (Å²) in [7, 11) is 1.65. The van der Waals surface area contributed by atoms with E-state index in [4.69, 9.17) is 16.5 Å². The number of aliphatic imine (C=N–C) groups is 2. The Labute approximate surface area is 148 Å². The molecule has 1 aliphatic carbocycles. The fourth-order valence-electron chi connectivity index (χ4n) is 3.78. The van der Waals surface area contributed by atoms with E-state index in [0.29, 0.717) is 18.8 Å². The number of aryl methyl sites for hydroxylation is 1. The Kier molecular flexibility index (Phi) is 4.92. The molecule has 1 aromatic carbocycles. The molecule has 0 aromatic heterocycles. The lowest BCUT2D eigenvalue weighted by atomic mass is 9.86. The summed E-state index contributed by atoms with van der Waals surface area (Å²) in [5.74, 6) is 0.644. The molecule has 0 radical (unpaired) electrons. The largest absolute Gasteiger partial charge is 0.369 e. The van der Waals surface area contributed by atoms with Crippen LogP contribution in [-0.2, 0) is 11.2 Å². The maximum absolute atomic E-state index is 11.7. The van der Waals surface area contributed by atoms with Crippen molar-refractivity contribution in [1.82, 2.24) is 5.32 Å². The zero-order valence-electron chi connectivity index (χ0n) is 14.7. The van der Waals surface area contributed by atoms with Crippen LogP contribution >= 0.6 is 0 Å². The third-order valence-corrected chi connectivity index (χ3v) is 4.98. The van der Waals surface area contributed by atoms with Crippen molar-refractivity contribution in [2.24, 2.45) is 21.5 Å². The van der Waals surface area contributed by atoms with Gasteiger partial charge in [0.15, 0.2) is 0 Å². The van der Waals surface area contributed by atoms with Crippen molar-refractivity contribution < 1.29 is 4.79 Å². The fourth-order valence-corrected chi connectivity index (χ4v) is 3.78. The third-order valence-electron chi connectivity index (χ3n) is 4.98. The molecule has 0 unspecified atom stereocenters. The number of carbonyl (C=O) groups excluding carboxylic acids is 1. The van der Waals surface area contributed by atoms with Gasteiger partial charge in [-0.1, -0.05) is 24.6 Å². The molecule has 7 heteroatoms. The lowest BCUT2D eigenvalue weighted by Gasteiger charge is -2.46. The number of rotatable bonds is 4. The van der Waals surface area contributed by atoms with Gasteiger partial charge in [0.1, 0.15) is 5.66 Å². The first-order valence-electron chi connectivity index (χ1n) is 8.84. The average Bonchev–Trinajstić information content (AvgIpc) is 2.60. The quantitative estimate of drug-likeness (QED) is 0.770. The van der Waals surface area contributed by atoms with E-state index < -0.39 is 5.66 Å². The predicted molar refractivity (Wildman–Crippen MR) is 100 cm³/mol. The van der Waals surface area contributed by atoms with Gasteiger partial charge in [0, 0.05) is 19.2 Å². The zero-order chi connectivity index (χ0) is 17.9. The standard InChI is InChI=1S/C18H26N6O/c1-21-15(25)10-9-13-7-3-4-8-14(13)24-17(20)22-16(19)23-18(24)11-5-2-6-12-18/h3-4,7-8H,2,5-6,9-12H2,1H3,(H,21,25)(H4,19,20,22,23). The number of carbonyl (C=O) groups is 1. The maximum Gasteiger partial charge on any atom is 0.220 e. The fraction of sp³-hybridized carbons (Fsp3) is 0.500. The molecule has 1 fully saturated rings. The molecule has 2 aliphatic rings. The van der Waals surface area contributed by atoms with Crippen LogP contribution in [0.5, 0.6) is 0 Å². The number of nitrogens with zero attached hydrogens (tertiary/aromatic N) is 3. The summed E-state index contributed by atoms with van der Waals surface area (Å²) < 4.78 is 0. The van der Waals surface area contributed by atoms with Crippen LogP contribution in [0.25, 0.3) is 0 Å². The van der Waals surface area contributed by atoms with E-state index in [1.54, 1.807) is 7.05 Å². The Morgan fingerprint density at radius 2 is 1.96 bits per heavy atom. The summed E-state index contributed by atoms with van der Waals surface area (Å²) in [4.78, 5) is 22.6. The zero-order valence-corrected chi connectivity index (χ0v) is 14.7. The first-order chi connectivity index (χ1) is 12.1. The highest BCUT2D eigenvalue weighted by Gasteiger charge is 2.43. The summed E-state index contributed by atoms with van der Waals surface area (Å²) in [6.45, 7) is 0. The maximum atomic E-state index is 11.7. The second-order valence-corrected chi connectivity index (χ2v) is 6.62. The minimum atomic E-state index is -0.461. The van der Waals surface area contributed by atoms with Crippen LogP contribution in [-0.4, -0.2) is 30.5 Å². The van der Waals surface area contributed by atoms with E-state index in [-0.39, 0.29) is 11.9 Å². The monoisotopic (exact) mass is 342 g/mol. The molecule has 134 valence electrons. The van der Waals surface area contributed by atoms with Crippen LogP contribution in [0.15, 0.2) is 34.3 Å². The molecular formula is C18H26N6O. The topological polar surface area (TPSA) is 109 Å². The lowest BCUT2D eigenvalue weighted by molar-refractivity contribution is -0.120. The third kappa shape index (κ3) is 3.45. The molecule has 25 heavy (non-hydrogen) atoms. The summed E-state index contributed by atoms with van der Waals surface area (Å²) in [5, 5.41) is 2.67. The second kappa shape index (κ2) is 7.13. The van der Waals surface area contributed by atoms with Crippen molar-refractivity contribution in [3.63, 3.8) is 0 Å². The SMILES string of the molecule is CNC(=O)CCc1ccccc1N1C(N)=NC(N)=NC12CCCCC2. The van der Waals surface area contributed by atoms with Gasteiger partial charge < -0.3 is 16.8 Å². The number of nitrogens with one attached hydrogen (secondary N) is 1. The van der Waals surface area contributed by atoms with E-state index in [9.17, 15) is 4.79 Å². The van der Waals surface area contributed by atoms with Gasteiger partial charge in [-0.3, -0.25) is 9.69 Å². The lowest BCUT2D eigenvalue weighted by Crippen LogP contribution is -2.58. The molecule has 3 rings (SSSR count). The van der Waals surface area contributed by atoms with Gasteiger partial charge >= 0.3 is 0 Å².